The highest BCUT2D eigenvalue weighted by Crippen LogP contribution is 2.17. The minimum absolute atomic E-state index is 0.0692. The maximum Gasteiger partial charge on any atom is 0.243 e. The van der Waals surface area contributed by atoms with Gasteiger partial charge in [-0.05, 0) is 37.1 Å². The molecule has 1 N–H and O–H groups in total. The van der Waals surface area contributed by atoms with Gasteiger partial charge in [-0.2, -0.15) is 0 Å². The molecule has 0 saturated carbocycles. The quantitative estimate of drug-likeness (QED) is 0.739. The van der Waals surface area contributed by atoms with Crippen molar-refractivity contribution in [2.75, 3.05) is 13.2 Å². The van der Waals surface area contributed by atoms with Gasteiger partial charge in [-0.15, -0.1) is 0 Å². The summed E-state index contributed by atoms with van der Waals surface area (Å²) in [6.45, 7) is 2.31. The molecule has 4 nitrogen and oxygen atoms in total. The minimum Gasteiger partial charge on any atom is -0.374 e. The lowest BCUT2D eigenvalue weighted by atomic mass is 10.1. The minimum atomic E-state index is -4.09. The van der Waals surface area contributed by atoms with Crippen LogP contribution in [0.3, 0.4) is 0 Å². The summed E-state index contributed by atoms with van der Waals surface area (Å²) in [6, 6.07) is 11.9. The van der Waals surface area contributed by atoms with Crippen LogP contribution in [0.25, 0.3) is 0 Å². The molecule has 24 heavy (non-hydrogen) atoms. The number of hydrogen-bond acceptors (Lipinski definition) is 3. The average Bonchev–Trinajstić information content (AvgIpc) is 2.57. The molecular formula is C17H19F2NO3S. The molecule has 130 valence electrons. The Morgan fingerprint density at radius 1 is 1.12 bits per heavy atom. The summed E-state index contributed by atoms with van der Waals surface area (Å²) in [7, 11) is -4.09. The summed E-state index contributed by atoms with van der Waals surface area (Å²) in [5.74, 6) is -1.80. The summed E-state index contributed by atoms with van der Waals surface area (Å²) in [5, 5.41) is 0. The van der Waals surface area contributed by atoms with E-state index in [0.29, 0.717) is 19.1 Å². The Labute approximate surface area is 140 Å². The van der Waals surface area contributed by atoms with Crippen LogP contribution in [0.2, 0.25) is 0 Å². The summed E-state index contributed by atoms with van der Waals surface area (Å²) < 4.78 is 58.4. The first kappa shape index (κ1) is 18.5. The summed E-state index contributed by atoms with van der Waals surface area (Å²) in [4.78, 5) is -0.693. The van der Waals surface area contributed by atoms with E-state index in [0.717, 1.165) is 17.7 Å². The Hall–Kier alpha value is -1.83. The van der Waals surface area contributed by atoms with Gasteiger partial charge in [0.15, 0.2) is 0 Å². The van der Waals surface area contributed by atoms with Crippen LogP contribution in [-0.2, 0) is 14.8 Å². The topological polar surface area (TPSA) is 55.4 Å². The molecule has 0 aliphatic carbocycles. The second-order valence-corrected chi connectivity index (χ2v) is 6.99. The van der Waals surface area contributed by atoms with Crippen molar-refractivity contribution < 1.29 is 21.9 Å². The Morgan fingerprint density at radius 3 is 2.54 bits per heavy atom. The van der Waals surface area contributed by atoms with Crippen LogP contribution in [0, 0.1) is 11.6 Å². The van der Waals surface area contributed by atoms with E-state index >= 15 is 0 Å². The van der Waals surface area contributed by atoms with Crippen molar-refractivity contribution in [3.05, 3.63) is 65.7 Å². The van der Waals surface area contributed by atoms with Crippen molar-refractivity contribution in [2.45, 2.75) is 24.3 Å². The zero-order chi connectivity index (χ0) is 17.6. The lowest BCUT2D eigenvalue weighted by Crippen LogP contribution is -2.26. The molecule has 1 atom stereocenters. The van der Waals surface area contributed by atoms with Crippen molar-refractivity contribution in [3.8, 4) is 0 Å². The van der Waals surface area contributed by atoms with Gasteiger partial charge in [0.25, 0.3) is 0 Å². The van der Waals surface area contributed by atoms with E-state index in [2.05, 4.69) is 4.72 Å². The van der Waals surface area contributed by atoms with Crippen molar-refractivity contribution >= 4 is 10.0 Å². The monoisotopic (exact) mass is 355 g/mol. The molecule has 1 unspecified atom stereocenters. The molecule has 7 heteroatoms. The van der Waals surface area contributed by atoms with E-state index in [4.69, 9.17) is 4.74 Å². The fourth-order valence-corrected chi connectivity index (χ4v) is 3.28. The number of benzene rings is 2. The Bertz CT molecular complexity index is 767. The third kappa shape index (κ3) is 5.09. The second-order valence-electron chi connectivity index (χ2n) is 5.25. The third-order valence-corrected chi connectivity index (χ3v) is 4.91. The van der Waals surface area contributed by atoms with Crippen LogP contribution < -0.4 is 4.72 Å². The highest BCUT2D eigenvalue weighted by Gasteiger charge is 2.19. The molecular weight excluding hydrogens is 336 g/mol. The van der Waals surface area contributed by atoms with Gasteiger partial charge in [0.2, 0.25) is 10.0 Å². The smallest absolute Gasteiger partial charge is 0.243 e. The third-order valence-electron chi connectivity index (χ3n) is 3.43. The van der Waals surface area contributed by atoms with Gasteiger partial charge < -0.3 is 4.74 Å². The molecule has 0 fully saturated rings. The van der Waals surface area contributed by atoms with Crippen molar-refractivity contribution in [2.24, 2.45) is 0 Å². The molecule has 0 aliphatic rings. The van der Waals surface area contributed by atoms with Gasteiger partial charge in [0.1, 0.15) is 16.5 Å². The van der Waals surface area contributed by atoms with E-state index in [9.17, 15) is 17.2 Å². The lowest BCUT2D eigenvalue weighted by Gasteiger charge is -2.13. The number of hydrogen-bond donors (Lipinski definition) is 1. The predicted octanol–water partition coefficient (Wildman–Crippen LogP) is 3.41. The highest BCUT2D eigenvalue weighted by atomic mass is 32.2. The van der Waals surface area contributed by atoms with Gasteiger partial charge in [0.05, 0.1) is 6.10 Å². The first-order valence-electron chi connectivity index (χ1n) is 7.51. The van der Waals surface area contributed by atoms with Gasteiger partial charge >= 0.3 is 0 Å². The van der Waals surface area contributed by atoms with Crippen LogP contribution in [0.1, 0.15) is 25.0 Å². The summed E-state index contributed by atoms with van der Waals surface area (Å²) >= 11 is 0. The SMILES string of the molecule is CC(OCCCNS(=O)(=O)c1cc(F)ccc1F)c1ccccc1. The Kier molecular flexibility index (Phi) is 6.42. The molecule has 0 amide bonds. The normalized spacial score (nSPS) is 13.0. The fourth-order valence-electron chi connectivity index (χ4n) is 2.12. The molecule has 0 spiro atoms. The maximum absolute atomic E-state index is 13.5. The van der Waals surface area contributed by atoms with Crippen molar-refractivity contribution in [1.29, 1.82) is 0 Å². The highest BCUT2D eigenvalue weighted by molar-refractivity contribution is 7.89. The lowest BCUT2D eigenvalue weighted by molar-refractivity contribution is 0.0647. The molecule has 0 heterocycles. The standard InChI is InChI=1S/C17H19F2NO3S/c1-13(14-6-3-2-4-7-14)23-11-5-10-20-24(21,22)17-12-15(18)8-9-16(17)19/h2-4,6-9,12-13,20H,5,10-11H2,1H3. The Morgan fingerprint density at radius 2 is 1.83 bits per heavy atom. The van der Waals surface area contributed by atoms with Crippen LogP contribution >= 0.6 is 0 Å². The number of rotatable bonds is 8. The summed E-state index contributed by atoms with van der Waals surface area (Å²) in [6.07, 6.45) is 0.302. The summed E-state index contributed by atoms with van der Waals surface area (Å²) in [5.41, 5.74) is 1.03. The number of halogens is 2. The number of nitrogens with one attached hydrogen (secondary N) is 1. The molecule has 0 aliphatic heterocycles. The largest absolute Gasteiger partial charge is 0.374 e. The first-order valence-corrected chi connectivity index (χ1v) is 9.00. The van der Waals surface area contributed by atoms with Crippen LogP contribution in [0.15, 0.2) is 53.4 Å². The van der Waals surface area contributed by atoms with Crippen molar-refractivity contribution in [1.82, 2.24) is 4.72 Å². The second kappa shape index (κ2) is 8.32. The Balaban J connectivity index is 1.80. The van der Waals surface area contributed by atoms with E-state index in [1.54, 1.807) is 0 Å². The van der Waals surface area contributed by atoms with Gasteiger partial charge in [-0.1, -0.05) is 30.3 Å². The van der Waals surface area contributed by atoms with E-state index in [-0.39, 0.29) is 12.6 Å². The molecule has 2 aromatic rings. The molecule has 2 rings (SSSR count). The number of sulfonamides is 1. The average molecular weight is 355 g/mol. The van der Waals surface area contributed by atoms with Gasteiger partial charge in [-0.3, -0.25) is 0 Å². The zero-order valence-corrected chi connectivity index (χ0v) is 14.0. The maximum atomic E-state index is 13.5. The van der Waals surface area contributed by atoms with Crippen LogP contribution in [-0.4, -0.2) is 21.6 Å². The zero-order valence-electron chi connectivity index (χ0n) is 13.2. The molecule has 0 aromatic heterocycles. The van der Waals surface area contributed by atoms with Gasteiger partial charge in [-0.25, -0.2) is 21.9 Å². The van der Waals surface area contributed by atoms with Crippen LogP contribution in [0.5, 0.6) is 0 Å². The molecule has 0 saturated heterocycles. The number of ether oxygens (including phenoxy) is 1. The van der Waals surface area contributed by atoms with E-state index in [1.165, 1.54) is 0 Å². The fraction of sp³-hybridized carbons (Fsp3) is 0.294. The van der Waals surface area contributed by atoms with E-state index in [1.807, 2.05) is 37.3 Å². The predicted molar refractivity (Wildman–Crippen MR) is 87.0 cm³/mol. The van der Waals surface area contributed by atoms with Gasteiger partial charge in [0, 0.05) is 13.2 Å². The van der Waals surface area contributed by atoms with Crippen molar-refractivity contribution in [3.63, 3.8) is 0 Å². The van der Waals surface area contributed by atoms with E-state index < -0.39 is 26.6 Å². The molecule has 0 radical (unpaired) electrons. The first-order chi connectivity index (χ1) is 11.4. The molecule has 0 bridgehead atoms. The molecule has 2 aromatic carbocycles. The van der Waals surface area contributed by atoms with Crippen LogP contribution in [0.4, 0.5) is 8.78 Å².